The maximum absolute atomic E-state index is 13.8. The third-order valence-electron chi connectivity index (χ3n) is 5.22. The average Bonchev–Trinajstić information content (AvgIpc) is 3.14. The van der Waals surface area contributed by atoms with Crippen molar-refractivity contribution in [3.05, 3.63) is 35.8 Å². The second kappa shape index (κ2) is 7.66. The van der Waals surface area contributed by atoms with Crippen LogP contribution in [0.15, 0.2) is 24.3 Å². The van der Waals surface area contributed by atoms with E-state index in [1.807, 2.05) is 4.90 Å². The van der Waals surface area contributed by atoms with Crippen molar-refractivity contribution < 1.29 is 18.7 Å². The summed E-state index contributed by atoms with van der Waals surface area (Å²) in [5, 5.41) is 0.417. The molecule has 0 spiro atoms. The highest BCUT2D eigenvalue weighted by Gasteiger charge is 2.27. The van der Waals surface area contributed by atoms with E-state index in [1.54, 1.807) is 23.1 Å². The van der Waals surface area contributed by atoms with Crippen LogP contribution in [0.4, 0.5) is 4.39 Å². The number of morpholine rings is 1. The van der Waals surface area contributed by atoms with Crippen LogP contribution < -0.4 is 0 Å². The van der Waals surface area contributed by atoms with Crippen LogP contribution in [0.1, 0.15) is 10.5 Å². The number of ether oxygens (including phenoxy) is 1. The summed E-state index contributed by atoms with van der Waals surface area (Å²) >= 11 is 0. The third-order valence-corrected chi connectivity index (χ3v) is 5.22. The van der Waals surface area contributed by atoms with Crippen molar-refractivity contribution in [2.75, 3.05) is 59.0 Å². The quantitative estimate of drug-likeness (QED) is 0.868. The lowest BCUT2D eigenvalue weighted by atomic mass is 10.2. The Bertz CT molecular complexity index is 839. The standard InChI is InChI=1S/C19H23FN4O3/c20-15-2-1-3-16-14(15)12-17(21-16)19(26)24-6-4-23(5-7-24)18(25)13-22-8-10-27-11-9-22/h1-3,12,21H,4-11,13H2. The smallest absolute Gasteiger partial charge is 0.270 e. The van der Waals surface area contributed by atoms with E-state index in [1.165, 1.54) is 6.07 Å². The summed E-state index contributed by atoms with van der Waals surface area (Å²) < 4.78 is 19.1. The molecule has 1 N–H and O–H groups in total. The number of hydrogen-bond acceptors (Lipinski definition) is 4. The number of hydrogen-bond donors (Lipinski definition) is 1. The fraction of sp³-hybridized carbons (Fsp3) is 0.474. The number of carbonyl (C=O) groups excluding carboxylic acids is 2. The third kappa shape index (κ3) is 3.81. The second-order valence-electron chi connectivity index (χ2n) is 6.95. The molecule has 1 aromatic heterocycles. The summed E-state index contributed by atoms with van der Waals surface area (Å²) in [5.41, 5.74) is 0.987. The Balaban J connectivity index is 1.34. The van der Waals surface area contributed by atoms with E-state index in [0.717, 1.165) is 13.1 Å². The number of nitrogens with zero attached hydrogens (tertiary/aromatic N) is 3. The van der Waals surface area contributed by atoms with E-state index in [9.17, 15) is 14.0 Å². The van der Waals surface area contributed by atoms with Gasteiger partial charge in [-0.2, -0.15) is 0 Å². The van der Waals surface area contributed by atoms with Crippen molar-refractivity contribution in [3.8, 4) is 0 Å². The number of carbonyl (C=O) groups is 2. The van der Waals surface area contributed by atoms with Crippen LogP contribution in [0.25, 0.3) is 10.9 Å². The van der Waals surface area contributed by atoms with Gasteiger partial charge in [-0.3, -0.25) is 14.5 Å². The molecule has 144 valence electrons. The minimum absolute atomic E-state index is 0.0942. The summed E-state index contributed by atoms with van der Waals surface area (Å²) in [4.78, 5) is 33.8. The molecule has 7 nitrogen and oxygen atoms in total. The molecule has 2 saturated heterocycles. The first-order valence-electron chi connectivity index (χ1n) is 9.26. The molecule has 0 unspecified atom stereocenters. The van der Waals surface area contributed by atoms with Gasteiger partial charge in [-0.15, -0.1) is 0 Å². The number of fused-ring (bicyclic) bond motifs is 1. The van der Waals surface area contributed by atoms with Gasteiger partial charge in [-0.1, -0.05) is 6.07 Å². The first-order valence-corrected chi connectivity index (χ1v) is 9.26. The molecule has 27 heavy (non-hydrogen) atoms. The zero-order valence-electron chi connectivity index (χ0n) is 15.1. The topological polar surface area (TPSA) is 68.9 Å². The molecule has 2 amide bonds. The highest BCUT2D eigenvalue weighted by atomic mass is 19.1. The number of amides is 2. The Hall–Kier alpha value is -2.45. The van der Waals surface area contributed by atoms with Crippen molar-refractivity contribution in [2.24, 2.45) is 0 Å². The molecule has 0 saturated carbocycles. The predicted molar refractivity (Wildman–Crippen MR) is 98.0 cm³/mol. The first kappa shape index (κ1) is 17.9. The average molecular weight is 374 g/mol. The van der Waals surface area contributed by atoms with Crippen LogP contribution >= 0.6 is 0 Å². The van der Waals surface area contributed by atoms with Crippen molar-refractivity contribution in [1.29, 1.82) is 0 Å². The fourth-order valence-electron chi connectivity index (χ4n) is 3.61. The Morgan fingerprint density at radius 3 is 2.44 bits per heavy atom. The van der Waals surface area contributed by atoms with Crippen molar-refractivity contribution in [3.63, 3.8) is 0 Å². The Labute approximate surface area is 156 Å². The highest BCUT2D eigenvalue weighted by Crippen LogP contribution is 2.20. The zero-order chi connectivity index (χ0) is 18.8. The lowest BCUT2D eigenvalue weighted by Crippen LogP contribution is -2.53. The van der Waals surface area contributed by atoms with E-state index >= 15 is 0 Å². The van der Waals surface area contributed by atoms with Gasteiger partial charge in [0.25, 0.3) is 5.91 Å². The molecule has 0 radical (unpaired) electrons. The maximum atomic E-state index is 13.8. The molecule has 0 aliphatic carbocycles. The van der Waals surface area contributed by atoms with Crippen molar-refractivity contribution in [2.45, 2.75) is 0 Å². The summed E-state index contributed by atoms with van der Waals surface area (Å²) in [5.74, 6) is -0.413. The zero-order valence-corrected chi connectivity index (χ0v) is 15.1. The van der Waals surface area contributed by atoms with Gasteiger partial charge >= 0.3 is 0 Å². The van der Waals surface area contributed by atoms with Gasteiger partial charge in [0.2, 0.25) is 5.91 Å². The van der Waals surface area contributed by atoms with E-state index in [-0.39, 0.29) is 17.6 Å². The van der Waals surface area contributed by atoms with Crippen molar-refractivity contribution in [1.82, 2.24) is 19.7 Å². The lowest BCUT2D eigenvalue weighted by molar-refractivity contribution is -0.134. The molecule has 0 bridgehead atoms. The normalized spacial score (nSPS) is 18.9. The monoisotopic (exact) mass is 374 g/mol. The molecule has 1 aromatic carbocycles. The van der Waals surface area contributed by atoms with Gasteiger partial charge in [0, 0.05) is 50.2 Å². The Kier molecular flexibility index (Phi) is 5.09. The summed E-state index contributed by atoms with van der Waals surface area (Å²) in [6.45, 7) is 5.28. The van der Waals surface area contributed by atoms with E-state index < -0.39 is 0 Å². The first-order chi connectivity index (χ1) is 13.1. The molecule has 2 aliphatic rings. The van der Waals surface area contributed by atoms with Crippen molar-refractivity contribution >= 4 is 22.7 Å². The fourth-order valence-corrected chi connectivity index (χ4v) is 3.61. The molecule has 8 heteroatoms. The number of aromatic nitrogens is 1. The lowest BCUT2D eigenvalue weighted by Gasteiger charge is -2.36. The molecule has 3 heterocycles. The van der Waals surface area contributed by atoms with Gasteiger partial charge in [-0.05, 0) is 18.2 Å². The van der Waals surface area contributed by atoms with E-state index in [4.69, 9.17) is 4.74 Å². The van der Waals surface area contributed by atoms with Crippen LogP contribution in [0.3, 0.4) is 0 Å². The molecular formula is C19H23FN4O3. The van der Waals surface area contributed by atoms with Crippen LogP contribution in [-0.2, 0) is 9.53 Å². The maximum Gasteiger partial charge on any atom is 0.270 e. The Morgan fingerprint density at radius 1 is 1.04 bits per heavy atom. The number of benzene rings is 1. The molecule has 0 atom stereocenters. The van der Waals surface area contributed by atoms with Gasteiger partial charge in [0.1, 0.15) is 11.5 Å². The van der Waals surface area contributed by atoms with Gasteiger partial charge in [0.05, 0.1) is 19.8 Å². The molecular weight excluding hydrogens is 351 g/mol. The minimum Gasteiger partial charge on any atom is -0.379 e. The minimum atomic E-state index is -0.346. The van der Waals surface area contributed by atoms with Gasteiger partial charge < -0.3 is 19.5 Å². The number of halogens is 1. The van der Waals surface area contributed by atoms with E-state index in [2.05, 4.69) is 9.88 Å². The number of nitrogens with one attached hydrogen (secondary N) is 1. The van der Waals surface area contributed by atoms with Gasteiger partial charge in [0.15, 0.2) is 0 Å². The SMILES string of the molecule is O=C(CN1CCOCC1)N1CCN(C(=O)c2cc3c(F)cccc3[nH]2)CC1. The van der Waals surface area contributed by atoms with Crippen LogP contribution in [0, 0.1) is 5.82 Å². The Morgan fingerprint density at radius 2 is 1.74 bits per heavy atom. The predicted octanol–water partition coefficient (Wildman–Crippen LogP) is 0.924. The second-order valence-corrected chi connectivity index (χ2v) is 6.95. The number of aromatic amines is 1. The highest BCUT2D eigenvalue weighted by molar-refractivity contribution is 5.98. The van der Waals surface area contributed by atoms with Gasteiger partial charge in [-0.25, -0.2) is 4.39 Å². The summed E-state index contributed by atoms with van der Waals surface area (Å²) in [6, 6.07) is 6.30. The van der Waals surface area contributed by atoms with E-state index in [0.29, 0.717) is 62.5 Å². The molecule has 2 aromatic rings. The number of H-pyrrole nitrogens is 1. The largest absolute Gasteiger partial charge is 0.379 e. The molecule has 2 aliphatic heterocycles. The van der Waals surface area contributed by atoms with Crippen LogP contribution in [0.2, 0.25) is 0 Å². The summed E-state index contributed by atoms with van der Waals surface area (Å²) in [6.07, 6.45) is 0. The number of piperazine rings is 1. The summed E-state index contributed by atoms with van der Waals surface area (Å²) in [7, 11) is 0. The van der Waals surface area contributed by atoms with Crippen LogP contribution in [-0.4, -0.2) is 90.5 Å². The molecule has 4 rings (SSSR count). The molecule has 2 fully saturated rings. The number of rotatable bonds is 3. The van der Waals surface area contributed by atoms with Crippen LogP contribution in [0.5, 0.6) is 0 Å².